The molecule has 0 saturated heterocycles. The van der Waals surface area contributed by atoms with Crippen LogP contribution in [0.3, 0.4) is 0 Å². The van der Waals surface area contributed by atoms with Crippen LogP contribution in [0.2, 0.25) is 0 Å². The molecule has 1 nitrogen and oxygen atoms in total. The predicted molar refractivity (Wildman–Crippen MR) is 46.6 cm³/mol. The molecule has 0 heterocycles. The van der Waals surface area contributed by atoms with Crippen molar-refractivity contribution in [3.05, 3.63) is 22.3 Å². The lowest BCUT2D eigenvalue weighted by molar-refractivity contribution is -0.107. The van der Waals surface area contributed by atoms with E-state index < -0.39 is 0 Å². The SMILES string of the molecule is CC1=CCCC(Cl)=C1CC=O. The lowest BCUT2D eigenvalue weighted by atomic mass is 9.97. The van der Waals surface area contributed by atoms with Crippen molar-refractivity contribution in [2.75, 3.05) is 0 Å². The minimum Gasteiger partial charge on any atom is -0.303 e. The second-order valence-electron chi connectivity index (χ2n) is 2.68. The van der Waals surface area contributed by atoms with Crippen LogP contribution in [0.1, 0.15) is 26.2 Å². The Morgan fingerprint density at radius 3 is 3.00 bits per heavy atom. The van der Waals surface area contributed by atoms with Gasteiger partial charge in [-0.05, 0) is 25.3 Å². The molecule has 0 atom stereocenters. The van der Waals surface area contributed by atoms with E-state index in [2.05, 4.69) is 6.08 Å². The molecule has 1 aliphatic rings. The highest BCUT2D eigenvalue weighted by atomic mass is 35.5. The molecule has 0 radical (unpaired) electrons. The zero-order chi connectivity index (χ0) is 8.27. The molecule has 0 saturated carbocycles. The van der Waals surface area contributed by atoms with Gasteiger partial charge in [0.25, 0.3) is 0 Å². The van der Waals surface area contributed by atoms with Crippen LogP contribution in [0.25, 0.3) is 0 Å². The van der Waals surface area contributed by atoms with Gasteiger partial charge in [0.05, 0.1) is 0 Å². The molecule has 11 heavy (non-hydrogen) atoms. The second kappa shape index (κ2) is 3.72. The quantitative estimate of drug-likeness (QED) is 0.583. The molecule has 1 aliphatic carbocycles. The zero-order valence-electron chi connectivity index (χ0n) is 6.56. The monoisotopic (exact) mass is 170 g/mol. The first-order chi connectivity index (χ1) is 5.25. The van der Waals surface area contributed by atoms with Crippen molar-refractivity contribution in [2.24, 2.45) is 0 Å². The van der Waals surface area contributed by atoms with Crippen molar-refractivity contribution < 1.29 is 4.79 Å². The third kappa shape index (κ3) is 1.93. The number of rotatable bonds is 2. The Bertz CT molecular complexity index is 226. The zero-order valence-corrected chi connectivity index (χ0v) is 7.32. The number of hydrogen-bond acceptors (Lipinski definition) is 1. The smallest absolute Gasteiger partial charge is 0.124 e. The molecule has 0 aliphatic heterocycles. The van der Waals surface area contributed by atoms with E-state index in [4.69, 9.17) is 11.6 Å². The van der Waals surface area contributed by atoms with E-state index >= 15 is 0 Å². The van der Waals surface area contributed by atoms with Crippen LogP contribution >= 0.6 is 11.6 Å². The van der Waals surface area contributed by atoms with Crippen molar-refractivity contribution >= 4 is 17.9 Å². The van der Waals surface area contributed by atoms with Gasteiger partial charge in [-0.3, -0.25) is 0 Å². The van der Waals surface area contributed by atoms with Gasteiger partial charge in [0.2, 0.25) is 0 Å². The van der Waals surface area contributed by atoms with E-state index in [9.17, 15) is 4.79 Å². The van der Waals surface area contributed by atoms with Crippen LogP contribution in [-0.2, 0) is 4.79 Å². The second-order valence-corrected chi connectivity index (χ2v) is 3.14. The molecule has 0 aromatic carbocycles. The minimum absolute atomic E-state index is 0.459. The van der Waals surface area contributed by atoms with Crippen LogP contribution in [0, 0.1) is 0 Å². The van der Waals surface area contributed by atoms with Crippen molar-refractivity contribution in [1.82, 2.24) is 0 Å². The summed E-state index contributed by atoms with van der Waals surface area (Å²) in [5.41, 5.74) is 2.18. The Kier molecular flexibility index (Phi) is 2.89. The number of allylic oxidation sites excluding steroid dienone is 4. The van der Waals surface area contributed by atoms with E-state index in [1.807, 2.05) is 6.92 Å². The van der Waals surface area contributed by atoms with Gasteiger partial charge in [-0.15, -0.1) is 0 Å². The molecule has 0 amide bonds. The van der Waals surface area contributed by atoms with E-state index in [1.165, 1.54) is 0 Å². The molecule has 0 fully saturated rings. The van der Waals surface area contributed by atoms with Gasteiger partial charge in [-0.1, -0.05) is 23.3 Å². The Morgan fingerprint density at radius 2 is 2.45 bits per heavy atom. The number of aldehydes is 1. The maximum Gasteiger partial charge on any atom is 0.124 e. The predicted octanol–water partition coefficient (Wildman–Crippen LogP) is 2.81. The van der Waals surface area contributed by atoms with Crippen LogP contribution in [-0.4, -0.2) is 6.29 Å². The highest BCUT2D eigenvalue weighted by molar-refractivity contribution is 6.30. The molecule has 0 spiro atoms. The summed E-state index contributed by atoms with van der Waals surface area (Å²) in [7, 11) is 0. The average molecular weight is 171 g/mol. The number of hydrogen-bond donors (Lipinski definition) is 0. The molecule has 1 rings (SSSR count). The van der Waals surface area contributed by atoms with Gasteiger partial charge >= 0.3 is 0 Å². The number of carbonyl (C=O) groups excluding carboxylic acids is 1. The minimum atomic E-state index is 0.459. The Hall–Kier alpha value is -0.560. The van der Waals surface area contributed by atoms with E-state index in [1.54, 1.807) is 0 Å². The normalized spacial score (nSPS) is 18.2. The van der Waals surface area contributed by atoms with Crippen LogP contribution in [0.15, 0.2) is 22.3 Å². The standard InChI is InChI=1S/C9H11ClO/c1-7-3-2-4-9(10)8(7)5-6-11/h3,6H,2,4-5H2,1H3. The van der Waals surface area contributed by atoms with Crippen LogP contribution in [0.4, 0.5) is 0 Å². The molecule has 2 heteroatoms. The van der Waals surface area contributed by atoms with Crippen LogP contribution in [0.5, 0.6) is 0 Å². The Morgan fingerprint density at radius 1 is 1.73 bits per heavy atom. The maximum atomic E-state index is 10.2. The Labute approximate surface area is 71.7 Å². The molecular formula is C9H11ClO. The van der Waals surface area contributed by atoms with Gasteiger partial charge < -0.3 is 4.79 Å². The third-order valence-electron chi connectivity index (χ3n) is 1.91. The molecule has 0 bridgehead atoms. The van der Waals surface area contributed by atoms with E-state index in [0.29, 0.717) is 6.42 Å². The lowest BCUT2D eigenvalue weighted by Crippen LogP contribution is -1.96. The van der Waals surface area contributed by atoms with Crippen molar-refractivity contribution in [1.29, 1.82) is 0 Å². The maximum absolute atomic E-state index is 10.2. The van der Waals surface area contributed by atoms with E-state index in [-0.39, 0.29) is 0 Å². The number of carbonyl (C=O) groups is 1. The number of halogens is 1. The first-order valence-electron chi connectivity index (χ1n) is 3.74. The van der Waals surface area contributed by atoms with Crippen LogP contribution < -0.4 is 0 Å². The van der Waals surface area contributed by atoms with Crippen molar-refractivity contribution in [3.8, 4) is 0 Å². The molecule has 0 aromatic heterocycles. The summed E-state index contributed by atoms with van der Waals surface area (Å²) in [5, 5.41) is 0.858. The van der Waals surface area contributed by atoms with Gasteiger partial charge in [0, 0.05) is 11.5 Å². The van der Waals surface area contributed by atoms with Gasteiger partial charge in [-0.2, -0.15) is 0 Å². The van der Waals surface area contributed by atoms with Crippen molar-refractivity contribution in [2.45, 2.75) is 26.2 Å². The molecule has 60 valence electrons. The molecular weight excluding hydrogens is 160 g/mol. The first-order valence-corrected chi connectivity index (χ1v) is 4.11. The lowest BCUT2D eigenvalue weighted by Gasteiger charge is -2.13. The Balaban J connectivity index is 2.84. The summed E-state index contributed by atoms with van der Waals surface area (Å²) in [6, 6.07) is 0. The van der Waals surface area contributed by atoms with Gasteiger partial charge in [-0.25, -0.2) is 0 Å². The van der Waals surface area contributed by atoms with Crippen molar-refractivity contribution in [3.63, 3.8) is 0 Å². The highest BCUT2D eigenvalue weighted by Crippen LogP contribution is 2.28. The summed E-state index contributed by atoms with van der Waals surface area (Å²) < 4.78 is 0. The summed E-state index contributed by atoms with van der Waals surface area (Å²) in [4.78, 5) is 10.2. The third-order valence-corrected chi connectivity index (χ3v) is 2.32. The summed E-state index contributed by atoms with van der Waals surface area (Å²) >= 11 is 5.94. The van der Waals surface area contributed by atoms with Gasteiger partial charge in [0.15, 0.2) is 0 Å². The fraction of sp³-hybridized carbons (Fsp3) is 0.444. The topological polar surface area (TPSA) is 17.1 Å². The molecule has 0 unspecified atom stereocenters. The van der Waals surface area contributed by atoms with Gasteiger partial charge in [0.1, 0.15) is 6.29 Å². The summed E-state index contributed by atoms with van der Waals surface area (Å²) in [5.74, 6) is 0. The van der Waals surface area contributed by atoms with E-state index in [0.717, 1.165) is 35.3 Å². The molecule has 0 aromatic rings. The largest absolute Gasteiger partial charge is 0.303 e. The summed E-state index contributed by atoms with van der Waals surface area (Å²) in [6.45, 7) is 2.00. The highest BCUT2D eigenvalue weighted by Gasteiger charge is 2.09. The fourth-order valence-electron chi connectivity index (χ4n) is 1.26. The summed E-state index contributed by atoms with van der Waals surface area (Å²) in [6.07, 6.45) is 5.39. The molecule has 0 N–H and O–H groups in total. The average Bonchev–Trinajstić information content (AvgIpc) is 1.97. The fourth-order valence-corrected chi connectivity index (χ4v) is 1.59. The first kappa shape index (κ1) is 8.54.